The smallest absolute Gasteiger partial charge is 0.335 e. The summed E-state index contributed by atoms with van der Waals surface area (Å²) in [5.74, 6) is -3.00. The molecule has 1 saturated carbocycles. The average Bonchev–Trinajstić information content (AvgIpc) is 3.54. The van der Waals surface area contributed by atoms with Crippen LogP contribution in [0, 0.1) is 11.6 Å². The van der Waals surface area contributed by atoms with E-state index in [2.05, 4.69) is 16.3 Å². The first-order valence-corrected chi connectivity index (χ1v) is 11.2. The van der Waals surface area contributed by atoms with Crippen LogP contribution < -0.4 is 10.2 Å². The van der Waals surface area contributed by atoms with Gasteiger partial charge in [0, 0.05) is 18.5 Å². The van der Waals surface area contributed by atoms with Crippen LogP contribution in [-0.4, -0.2) is 23.5 Å². The van der Waals surface area contributed by atoms with Gasteiger partial charge in [-0.3, -0.25) is 4.79 Å². The molecule has 5 rings (SSSR count). The number of nitrogens with zero attached hydrogens (tertiary/aromatic N) is 1. The van der Waals surface area contributed by atoms with Crippen molar-refractivity contribution in [3.8, 4) is 0 Å². The average molecular weight is 462 g/mol. The topological polar surface area (TPSA) is 69.6 Å². The molecule has 3 aromatic rings. The van der Waals surface area contributed by atoms with E-state index in [-0.39, 0.29) is 22.9 Å². The van der Waals surface area contributed by atoms with Crippen LogP contribution in [0.5, 0.6) is 0 Å². The summed E-state index contributed by atoms with van der Waals surface area (Å²) in [6.45, 7) is 2.96. The molecule has 7 heteroatoms. The van der Waals surface area contributed by atoms with Crippen LogP contribution in [-0.2, 0) is 12.0 Å². The number of amides is 1. The van der Waals surface area contributed by atoms with Crippen molar-refractivity contribution in [1.29, 1.82) is 0 Å². The SMILES string of the molecule is CC(NC(=O)c1cccc2c1N(Cc1ccc(F)c(F)c1)CC21CC1)c1ccc(C(=O)O)cc1. The Balaban J connectivity index is 1.42. The third-order valence-corrected chi connectivity index (χ3v) is 6.88. The van der Waals surface area contributed by atoms with Crippen LogP contribution in [0.3, 0.4) is 0 Å². The number of benzene rings is 3. The fourth-order valence-electron chi connectivity index (χ4n) is 4.87. The van der Waals surface area contributed by atoms with Crippen LogP contribution in [0.1, 0.15) is 63.2 Å². The lowest BCUT2D eigenvalue weighted by Crippen LogP contribution is -2.29. The van der Waals surface area contributed by atoms with E-state index in [1.165, 1.54) is 18.2 Å². The maximum atomic E-state index is 13.8. The summed E-state index contributed by atoms with van der Waals surface area (Å²) in [6.07, 6.45) is 2.07. The summed E-state index contributed by atoms with van der Waals surface area (Å²) in [6, 6.07) is 15.7. The number of hydrogen-bond acceptors (Lipinski definition) is 3. The number of carbonyl (C=O) groups is 2. The molecule has 1 aliphatic heterocycles. The van der Waals surface area contributed by atoms with Crippen molar-refractivity contribution in [3.05, 3.63) is 100 Å². The molecule has 0 aromatic heterocycles. The van der Waals surface area contributed by atoms with E-state index in [0.29, 0.717) is 17.7 Å². The van der Waals surface area contributed by atoms with Crippen molar-refractivity contribution in [1.82, 2.24) is 5.32 Å². The van der Waals surface area contributed by atoms with Gasteiger partial charge < -0.3 is 15.3 Å². The minimum atomic E-state index is -1.00. The number of para-hydroxylation sites is 1. The first kappa shape index (κ1) is 22.1. The lowest BCUT2D eigenvalue weighted by Gasteiger charge is -2.23. The molecule has 1 spiro atoms. The molecule has 1 unspecified atom stereocenters. The molecular weight excluding hydrogens is 438 g/mol. The van der Waals surface area contributed by atoms with Gasteiger partial charge in [0.15, 0.2) is 11.6 Å². The number of carboxylic acid groups (broad SMARTS) is 1. The third kappa shape index (κ3) is 3.91. The Morgan fingerprint density at radius 3 is 2.44 bits per heavy atom. The van der Waals surface area contributed by atoms with Crippen molar-refractivity contribution in [2.45, 2.75) is 37.8 Å². The van der Waals surface area contributed by atoms with E-state index in [1.54, 1.807) is 24.3 Å². The summed E-state index contributed by atoms with van der Waals surface area (Å²) in [5.41, 5.74) is 4.15. The van der Waals surface area contributed by atoms with Crippen molar-refractivity contribution in [2.24, 2.45) is 0 Å². The highest BCUT2D eigenvalue weighted by atomic mass is 19.2. The molecule has 3 aromatic carbocycles. The van der Waals surface area contributed by atoms with Crippen LogP contribution in [0.15, 0.2) is 60.7 Å². The molecule has 34 heavy (non-hydrogen) atoms. The minimum Gasteiger partial charge on any atom is -0.478 e. The Hall–Kier alpha value is -3.74. The Bertz CT molecular complexity index is 1290. The summed E-state index contributed by atoms with van der Waals surface area (Å²) in [5, 5.41) is 12.1. The quantitative estimate of drug-likeness (QED) is 0.528. The second-order valence-corrected chi connectivity index (χ2v) is 9.21. The highest BCUT2D eigenvalue weighted by molar-refractivity contribution is 6.01. The maximum absolute atomic E-state index is 13.8. The summed E-state index contributed by atoms with van der Waals surface area (Å²) >= 11 is 0. The third-order valence-electron chi connectivity index (χ3n) is 6.88. The first-order chi connectivity index (χ1) is 16.3. The normalized spacial score (nSPS) is 16.3. The van der Waals surface area contributed by atoms with Crippen molar-refractivity contribution < 1.29 is 23.5 Å². The molecule has 1 fully saturated rings. The molecule has 1 amide bonds. The Kier molecular flexibility index (Phi) is 5.35. The standard InChI is InChI=1S/C27H24F2N2O3/c1-16(18-6-8-19(9-7-18)26(33)34)30-25(32)20-3-2-4-21-24(20)31(15-27(21)11-12-27)14-17-5-10-22(28)23(29)13-17/h2-10,13,16H,11-12,14-15H2,1H3,(H,30,32)(H,33,34). The number of anilines is 1. The zero-order chi connectivity index (χ0) is 24.0. The van der Waals surface area contributed by atoms with Gasteiger partial charge in [0.25, 0.3) is 5.91 Å². The zero-order valence-electron chi connectivity index (χ0n) is 18.6. The van der Waals surface area contributed by atoms with Gasteiger partial charge in [-0.05, 0) is 66.8 Å². The lowest BCUT2D eigenvalue weighted by molar-refractivity contribution is 0.0696. The number of carboxylic acids is 1. The van der Waals surface area contributed by atoms with Gasteiger partial charge in [0.2, 0.25) is 0 Å². The van der Waals surface area contributed by atoms with E-state index in [0.717, 1.165) is 42.3 Å². The van der Waals surface area contributed by atoms with Crippen LogP contribution in [0.25, 0.3) is 0 Å². The van der Waals surface area contributed by atoms with E-state index < -0.39 is 17.6 Å². The van der Waals surface area contributed by atoms with Gasteiger partial charge in [-0.1, -0.05) is 30.3 Å². The zero-order valence-corrected chi connectivity index (χ0v) is 18.6. The number of fused-ring (bicyclic) bond motifs is 2. The fraction of sp³-hybridized carbons (Fsp3) is 0.259. The van der Waals surface area contributed by atoms with Gasteiger partial charge in [-0.25, -0.2) is 13.6 Å². The highest BCUT2D eigenvalue weighted by Gasteiger charge is 2.52. The van der Waals surface area contributed by atoms with Crippen LogP contribution in [0.2, 0.25) is 0 Å². The molecule has 0 saturated heterocycles. The van der Waals surface area contributed by atoms with Crippen molar-refractivity contribution >= 4 is 17.6 Å². The first-order valence-electron chi connectivity index (χ1n) is 11.2. The van der Waals surface area contributed by atoms with Crippen LogP contribution in [0.4, 0.5) is 14.5 Å². The van der Waals surface area contributed by atoms with Gasteiger partial charge in [-0.2, -0.15) is 0 Å². The molecule has 1 aliphatic carbocycles. The Labute approximate surface area is 196 Å². The summed E-state index contributed by atoms with van der Waals surface area (Å²) < 4.78 is 27.2. The Morgan fingerprint density at radius 2 is 1.79 bits per heavy atom. The predicted molar refractivity (Wildman–Crippen MR) is 124 cm³/mol. The van der Waals surface area contributed by atoms with Crippen LogP contribution >= 0.6 is 0 Å². The second kappa shape index (κ2) is 8.24. The largest absolute Gasteiger partial charge is 0.478 e. The van der Waals surface area contributed by atoms with Gasteiger partial charge in [0.05, 0.1) is 22.9 Å². The highest BCUT2D eigenvalue weighted by Crippen LogP contribution is 2.57. The van der Waals surface area contributed by atoms with E-state index in [4.69, 9.17) is 5.11 Å². The summed E-state index contributed by atoms with van der Waals surface area (Å²) in [7, 11) is 0. The molecule has 174 valence electrons. The van der Waals surface area contributed by atoms with E-state index in [9.17, 15) is 18.4 Å². The molecule has 5 nitrogen and oxygen atoms in total. The minimum absolute atomic E-state index is 0.0163. The number of aromatic carboxylic acids is 1. The molecule has 0 radical (unpaired) electrons. The number of halogens is 2. The molecule has 2 aliphatic rings. The molecular formula is C27H24F2N2O3. The number of carbonyl (C=O) groups excluding carboxylic acids is 1. The number of hydrogen-bond donors (Lipinski definition) is 2. The van der Waals surface area contributed by atoms with Crippen molar-refractivity contribution in [2.75, 3.05) is 11.4 Å². The maximum Gasteiger partial charge on any atom is 0.335 e. The number of rotatable bonds is 6. The molecule has 1 atom stereocenters. The second-order valence-electron chi connectivity index (χ2n) is 9.21. The summed E-state index contributed by atoms with van der Waals surface area (Å²) in [4.78, 5) is 26.5. The van der Waals surface area contributed by atoms with Gasteiger partial charge >= 0.3 is 5.97 Å². The van der Waals surface area contributed by atoms with Crippen molar-refractivity contribution in [3.63, 3.8) is 0 Å². The van der Waals surface area contributed by atoms with Gasteiger partial charge in [0.1, 0.15) is 0 Å². The lowest BCUT2D eigenvalue weighted by atomic mass is 9.96. The fourth-order valence-corrected chi connectivity index (χ4v) is 4.87. The van der Waals surface area contributed by atoms with Gasteiger partial charge in [-0.15, -0.1) is 0 Å². The molecule has 0 bridgehead atoms. The van der Waals surface area contributed by atoms with E-state index in [1.807, 2.05) is 13.0 Å². The van der Waals surface area contributed by atoms with E-state index >= 15 is 0 Å². The number of nitrogens with one attached hydrogen (secondary N) is 1. The molecule has 2 N–H and O–H groups in total. The predicted octanol–water partition coefficient (Wildman–Crippen LogP) is 5.21. The Morgan fingerprint density at radius 1 is 1.06 bits per heavy atom. The molecule has 1 heterocycles. The monoisotopic (exact) mass is 462 g/mol.